The summed E-state index contributed by atoms with van der Waals surface area (Å²) in [6.45, 7) is 3.29. The first-order valence-electron chi connectivity index (χ1n) is 4.42. The van der Waals surface area contributed by atoms with Crippen LogP contribution in [0, 0.1) is 28.6 Å². The van der Waals surface area contributed by atoms with Crippen molar-refractivity contribution in [3.8, 4) is 12.1 Å². The molecule has 0 heterocycles. The molecule has 0 saturated heterocycles. The van der Waals surface area contributed by atoms with Crippen molar-refractivity contribution in [2.24, 2.45) is 5.92 Å². The maximum Gasteiger partial charge on any atom is 0.241 e. The van der Waals surface area contributed by atoms with E-state index >= 15 is 0 Å². The van der Waals surface area contributed by atoms with Crippen molar-refractivity contribution in [2.75, 3.05) is 0 Å². The summed E-state index contributed by atoms with van der Waals surface area (Å²) in [5.41, 5.74) is 0. The summed E-state index contributed by atoms with van der Waals surface area (Å²) in [4.78, 5) is 0. The van der Waals surface area contributed by atoms with Crippen LogP contribution >= 0.6 is 0 Å². The molecule has 0 aromatic heterocycles. The lowest BCUT2D eigenvalue weighted by atomic mass is 10.0. The molecule has 0 fully saturated rings. The molecule has 0 aromatic rings. The zero-order chi connectivity index (χ0) is 10.3. The molecule has 0 aliphatic rings. The van der Waals surface area contributed by atoms with Gasteiger partial charge in [0.15, 0.2) is 0 Å². The lowest BCUT2D eigenvalue weighted by Crippen LogP contribution is -2.22. The van der Waals surface area contributed by atoms with Crippen molar-refractivity contribution in [1.82, 2.24) is 0 Å². The Morgan fingerprint density at radius 3 is 2.31 bits per heavy atom. The van der Waals surface area contributed by atoms with Gasteiger partial charge in [-0.1, -0.05) is 0 Å². The Morgan fingerprint density at radius 1 is 1.31 bits per heavy atom. The van der Waals surface area contributed by atoms with Crippen molar-refractivity contribution in [3.05, 3.63) is 0 Å². The third-order valence-electron chi connectivity index (χ3n) is 1.82. The fourth-order valence-corrected chi connectivity index (χ4v) is 3.08. The molecule has 1 unspecified atom stereocenters. The average Bonchev–Trinajstić information content (AvgIpc) is 1.98. The monoisotopic (exact) mass is 198 g/mol. The Morgan fingerprint density at radius 2 is 1.92 bits per heavy atom. The molecule has 0 N–H and O–H groups in total. The van der Waals surface area contributed by atoms with Gasteiger partial charge in [-0.3, -0.25) is 0 Å². The quantitative estimate of drug-likeness (QED) is 0.503. The summed E-state index contributed by atoms with van der Waals surface area (Å²) in [7, 11) is -2.57. The summed E-state index contributed by atoms with van der Waals surface area (Å²) in [5.74, 6) is 0.0799. The van der Waals surface area contributed by atoms with Gasteiger partial charge in [-0.15, -0.1) is 0 Å². The van der Waals surface area contributed by atoms with Gasteiger partial charge >= 0.3 is 0 Å². The first kappa shape index (κ1) is 12.1. The maximum absolute atomic E-state index is 13.3. The van der Waals surface area contributed by atoms with Crippen LogP contribution in [0.1, 0.15) is 19.3 Å². The summed E-state index contributed by atoms with van der Waals surface area (Å²) in [6, 6.07) is 4.57. The van der Waals surface area contributed by atoms with Gasteiger partial charge in [0.05, 0.1) is 12.1 Å². The fraction of sp³-hybridized carbons (Fsp3) is 0.778. The molecule has 0 aliphatic carbocycles. The highest BCUT2D eigenvalue weighted by Crippen LogP contribution is 2.24. The van der Waals surface area contributed by atoms with E-state index in [1.807, 2.05) is 12.1 Å². The van der Waals surface area contributed by atoms with Gasteiger partial charge in [-0.25, -0.2) is 0 Å². The second-order valence-electron chi connectivity index (χ2n) is 3.85. The molecule has 0 radical (unpaired) electrons. The summed E-state index contributed by atoms with van der Waals surface area (Å²) >= 11 is 0. The molecule has 0 bridgehead atoms. The average molecular weight is 198 g/mol. The molecule has 0 amide bonds. The van der Waals surface area contributed by atoms with E-state index in [0.29, 0.717) is 25.3 Å². The third kappa shape index (κ3) is 7.49. The van der Waals surface area contributed by atoms with Gasteiger partial charge in [0.2, 0.25) is 8.41 Å². The van der Waals surface area contributed by atoms with Gasteiger partial charge in [0.1, 0.15) is 0 Å². The van der Waals surface area contributed by atoms with E-state index in [0.717, 1.165) is 0 Å². The molecule has 4 heteroatoms. The van der Waals surface area contributed by atoms with Crippen molar-refractivity contribution < 1.29 is 4.11 Å². The van der Waals surface area contributed by atoms with Crippen LogP contribution in [0.2, 0.25) is 19.1 Å². The summed E-state index contributed by atoms with van der Waals surface area (Å²) in [6.07, 6.45) is 1.46. The largest absolute Gasteiger partial charge is 0.314 e. The number of hydrogen-bond donors (Lipinski definition) is 0. The van der Waals surface area contributed by atoms with Crippen LogP contribution < -0.4 is 0 Å². The molecule has 72 valence electrons. The van der Waals surface area contributed by atoms with Gasteiger partial charge in [0.25, 0.3) is 0 Å². The topological polar surface area (TPSA) is 47.6 Å². The van der Waals surface area contributed by atoms with E-state index in [4.69, 9.17) is 10.5 Å². The number of nitrogens with zero attached hydrogens (tertiary/aromatic N) is 2. The lowest BCUT2D eigenvalue weighted by molar-refractivity contribution is 0.531. The molecule has 1 atom stereocenters. The highest BCUT2D eigenvalue weighted by molar-refractivity contribution is 6.70. The van der Waals surface area contributed by atoms with Gasteiger partial charge in [-0.2, -0.15) is 10.5 Å². The highest BCUT2D eigenvalue weighted by atomic mass is 28.4. The normalized spacial score (nSPS) is 13.0. The van der Waals surface area contributed by atoms with Crippen molar-refractivity contribution in [3.63, 3.8) is 0 Å². The van der Waals surface area contributed by atoms with Crippen LogP contribution in [0.4, 0.5) is 4.11 Å². The molecular formula is C9H15FN2Si. The van der Waals surface area contributed by atoms with Crippen LogP contribution in [0.15, 0.2) is 0 Å². The molecule has 0 saturated carbocycles. The highest BCUT2D eigenvalue weighted by Gasteiger charge is 2.25. The smallest absolute Gasteiger partial charge is 0.241 e. The standard InChI is InChI=1S/C9H15FN2Si/c1-13(2,10)8-9(5-7-12)4-3-6-11/h9H,3-5,8H2,1-2H3. The Bertz CT molecular complexity index is 221. The van der Waals surface area contributed by atoms with Crippen molar-refractivity contribution in [1.29, 1.82) is 10.5 Å². The molecule has 0 rings (SSSR count). The fourth-order valence-electron chi connectivity index (χ4n) is 1.36. The number of nitriles is 2. The minimum absolute atomic E-state index is 0.0799. The summed E-state index contributed by atoms with van der Waals surface area (Å²) < 4.78 is 13.3. The number of halogens is 1. The van der Waals surface area contributed by atoms with Crippen molar-refractivity contribution in [2.45, 2.75) is 38.4 Å². The van der Waals surface area contributed by atoms with E-state index in [-0.39, 0.29) is 5.92 Å². The number of hydrogen-bond acceptors (Lipinski definition) is 2. The first-order chi connectivity index (χ1) is 5.99. The van der Waals surface area contributed by atoms with Gasteiger partial charge in [-0.05, 0) is 31.5 Å². The van der Waals surface area contributed by atoms with Crippen LogP contribution in [0.25, 0.3) is 0 Å². The molecule has 0 spiro atoms. The van der Waals surface area contributed by atoms with Crippen LogP contribution in [-0.4, -0.2) is 8.41 Å². The zero-order valence-electron chi connectivity index (χ0n) is 8.18. The van der Waals surface area contributed by atoms with Crippen LogP contribution in [0.5, 0.6) is 0 Å². The van der Waals surface area contributed by atoms with Crippen molar-refractivity contribution >= 4 is 8.41 Å². The predicted octanol–water partition coefficient (Wildman–Crippen LogP) is 2.99. The molecule has 0 aliphatic heterocycles. The van der Waals surface area contributed by atoms with E-state index in [1.54, 1.807) is 13.1 Å². The van der Waals surface area contributed by atoms with E-state index in [9.17, 15) is 4.11 Å². The van der Waals surface area contributed by atoms with Gasteiger partial charge < -0.3 is 4.11 Å². The van der Waals surface area contributed by atoms with E-state index in [2.05, 4.69) is 0 Å². The minimum atomic E-state index is -2.57. The minimum Gasteiger partial charge on any atom is -0.314 e. The summed E-state index contributed by atoms with van der Waals surface area (Å²) in [5, 5.41) is 16.9. The Kier molecular flexibility index (Phi) is 5.33. The Labute approximate surface area is 80.2 Å². The zero-order valence-corrected chi connectivity index (χ0v) is 9.18. The maximum atomic E-state index is 13.3. The van der Waals surface area contributed by atoms with Crippen LogP contribution in [0.3, 0.4) is 0 Å². The van der Waals surface area contributed by atoms with E-state index in [1.165, 1.54) is 0 Å². The second-order valence-corrected chi connectivity index (χ2v) is 7.69. The van der Waals surface area contributed by atoms with E-state index < -0.39 is 8.41 Å². The Balaban J connectivity index is 3.97. The molecule has 2 nitrogen and oxygen atoms in total. The Hall–Kier alpha value is -0.873. The lowest BCUT2D eigenvalue weighted by Gasteiger charge is -2.17. The predicted molar refractivity (Wildman–Crippen MR) is 52.0 cm³/mol. The third-order valence-corrected chi connectivity index (χ3v) is 3.37. The first-order valence-corrected chi connectivity index (χ1v) is 7.51. The molecule has 13 heavy (non-hydrogen) atoms. The SMILES string of the molecule is C[Si](C)(F)CC(CC#N)CCC#N. The van der Waals surface area contributed by atoms with Gasteiger partial charge in [0, 0.05) is 12.8 Å². The molecular weight excluding hydrogens is 183 g/mol. The molecule has 0 aromatic carbocycles. The van der Waals surface area contributed by atoms with Crippen LogP contribution in [-0.2, 0) is 0 Å². The number of rotatable bonds is 5. The second kappa shape index (κ2) is 5.72.